The van der Waals surface area contributed by atoms with Crippen LogP contribution in [-0.4, -0.2) is 52.7 Å². The molecule has 0 radical (unpaired) electrons. The van der Waals surface area contributed by atoms with Crippen LogP contribution in [-0.2, 0) is 10.0 Å². The van der Waals surface area contributed by atoms with Gasteiger partial charge in [0.25, 0.3) is 5.66 Å². The minimum absolute atomic E-state index is 0.00220. The van der Waals surface area contributed by atoms with Crippen LogP contribution in [0.25, 0.3) is 0 Å². The van der Waals surface area contributed by atoms with Crippen LogP contribution in [0.5, 0.6) is 0 Å². The zero-order valence-corrected chi connectivity index (χ0v) is 20.6. The van der Waals surface area contributed by atoms with E-state index in [2.05, 4.69) is 12.2 Å². The second-order valence-corrected chi connectivity index (χ2v) is 12.4. The maximum absolute atomic E-state index is 12.8. The molecule has 1 aromatic rings. The Hall–Kier alpha value is -1.46. The first-order valence-corrected chi connectivity index (χ1v) is 13.5. The van der Waals surface area contributed by atoms with Crippen LogP contribution >= 0.6 is 11.8 Å². The van der Waals surface area contributed by atoms with Crippen molar-refractivity contribution in [3.63, 3.8) is 0 Å². The van der Waals surface area contributed by atoms with Gasteiger partial charge in [-0.1, -0.05) is 37.3 Å². The number of primary sulfonamides is 1. The molecule has 32 heavy (non-hydrogen) atoms. The zero-order chi connectivity index (χ0) is 23.6. The van der Waals surface area contributed by atoms with Gasteiger partial charge in [0.05, 0.1) is 12.8 Å². The third kappa shape index (κ3) is 5.04. The van der Waals surface area contributed by atoms with Crippen molar-refractivity contribution in [2.45, 2.75) is 85.6 Å². The fraction of sp³-hybridized carbons (Fsp3) is 0.636. The van der Waals surface area contributed by atoms with Crippen LogP contribution in [0.15, 0.2) is 47.4 Å². The quantitative estimate of drug-likeness (QED) is 0.240. The lowest BCUT2D eigenvalue weighted by atomic mass is 9.87. The fourth-order valence-electron chi connectivity index (χ4n) is 5.13. The van der Waals surface area contributed by atoms with Gasteiger partial charge in [0.2, 0.25) is 10.0 Å². The lowest BCUT2D eigenvalue weighted by Gasteiger charge is -2.45. The number of thioether (sulfide) groups is 1. The third-order valence-electron chi connectivity index (χ3n) is 6.71. The normalized spacial score (nSPS) is 32.1. The molecule has 178 valence electrons. The van der Waals surface area contributed by atoms with Crippen LogP contribution in [0.1, 0.15) is 52.9 Å². The predicted molar refractivity (Wildman–Crippen MR) is 128 cm³/mol. The lowest BCUT2D eigenvalue weighted by molar-refractivity contribution is -0.607. The molecular formula is C22H34N4O4S2. The monoisotopic (exact) mass is 482 g/mol. The summed E-state index contributed by atoms with van der Waals surface area (Å²) in [6, 6.07) is 10.00. The van der Waals surface area contributed by atoms with E-state index in [1.165, 1.54) is 6.08 Å². The molecule has 0 amide bonds. The molecular weight excluding hydrogens is 448 g/mol. The Morgan fingerprint density at radius 1 is 1.28 bits per heavy atom. The summed E-state index contributed by atoms with van der Waals surface area (Å²) in [6.45, 7) is 6.40. The smallest absolute Gasteiger partial charge is 0.284 e. The number of nitrogens with zero attached hydrogens (tertiary/aromatic N) is 2. The Bertz CT molecular complexity index is 933. The van der Waals surface area contributed by atoms with Gasteiger partial charge in [-0.05, 0) is 51.8 Å². The maximum Gasteiger partial charge on any atom is 0.284 e. The molecule has 0 saturated carbocycles. The molecule has 3 rings (SSSR count). The van der Waals surface area contributed by atoms with Crippen LogP contribution in [0.2, 0.25) is 0 Å². The highest BCUT2D eigenvalue weighted by molar-refractivity contribution is 8.00. The predicted octanol–water partition coefficient (Wildman–Crippen LogP) is 3.33. The third-order valence-corrected chi connectivity index (χ3v) is 9.34. The van der Waals surface area contributed by atoms with Crippen molar-refractivity contribution in [1.82, 2.24) is 10.2 Å². The Balaban J connectivity index is 1.80. The molecule has 1 aliphatic heterocycles. The summed E-state index contributed by atoms with van der Waals surface area (Å²) >= 11 is 1.71. The molecule has 5 atom stereocenters. The lowest BCUT2D eigenvalue weighted by Crippen LogP contribution is -2.67. The highest BCUT2D eigenvalue weighted by atomic mass is 32.2. The number of likely N-dealkylation sites (tertiary alicyclic amines) is 1. The Morgan fingerprint density at radius 3 is 2.47 bits per heavy atom. The van der Waals surface area contributed by atoms with Crippen LogP contribution in [0, 0.1) is 10.1 Å². The minimum atomic E-state index is -4.15. The Morgan fingerprint density at radius 2 is 1.91 bits per heavy atom. The average molecular weight is 483 g/mol. The molecule has 10 heteroatoms. The number of benzene rings is 1. The molecule has 1 fully saturated rings. The summed E-state index contributed by atoms with van der Waals surface area (Å²) < 4.78 is 25.6. The topological polar surface area (TPSA) is 119 Å². The molecule has 8 nitrogen and oxygen atoms in total. The van der Waals surface area contributed by atoms with Crippen LogP contribution in [0.4, 0.5) is 0 Å². The van der Waals surface area contributed by atoms with Gasteiger partial charge < -0.3 is 0 Å². The second kappa shape index (κ2) is 9.80. The summed E-state index contributed by atoms with van der Waals surface area (Å²) in [5.41, 5.74) is -1.51. The summed E-state index contributed by atoms with van der Waals surface area (Å²) in [5, 5.41) is 21.4. The molecule has 2 aliphatic rings. The van der Waals surface area contributed by atoms with E-state index < -0.39 is 20.6 Å². The molecule has 0 spiro atoms. The van der Waals surface area contributed by atoms with E-state index in [9.17, 15) is 18.5 Å². The maximum atomic E-state index is 12.8. The van der Waals surface area contributed by atoms with Gasteiger partial charge in [-0.2, -0.15) is 0 Å². The van der Waals surface area contributed by atoms with Gasteiger partial charge in [0.1, 0.15) is 0 Å². The van der Waals surface area contributed by atoms with E-state index in [0.29, 0.717) is 13.0 Å². The first-order valence-electron chi connectivity index (χ1n) is 11.1. The van der Waals surface area contributed by atoms with E-state index >= 15 is 0 Å². The minimum Gasteiger partial charge on any atom is -0.294 e. The van der Waals surface area contributed by atoms with Gasteiger partial charge >= 0.3 is 0 Å². The summed E-state index contributed by atoms with van der Waals surface area (Å²) in [7, 11) is -4.15. The van der Waals surface area contributed by atoms with Crippen LogP contribution in [0.3, 0.4) is 0 Å². The number of sulfonamides is 1. The van der Waals surface area contributed by atoms with E-state index in [0.717, 1.165) is 17.7 Å². The van der Waals surface area contributed by atoms with Gasteiger partial charge in [0, 0.05) is 27.2 Å². The van der Waals surface area contributed by atoms with Crippen molar-refractivity contribution in [2.75, 3.05) is 6.54 Å². The van der Waals surface area contributed by atoms with Crippen LogP contribution < -0.4 is 10.5 Å². The Labute approximate surface area is 195 Å². The molecule has 1 aliphatic carbocycles. The highest BCUT2D eigenvalue weighted by Crippen LogP contribution is 2.43. The fourth-order valence-corrected chi connectivity index (χ4v) is 7.17. The molecule has 0 aromatic heterocycles. The van der Waals surface area contributed by atoms with E-state index in [1.807, 2.05) is 49.1 Å². The first-order chi connectivity index (χ1) is 15.0. The summed E-state index contributed by atoms with van der Waals surface area (Å²) in [4.78, 5) is 13.5. The summed E-state index contributed by atoms with van der Waals surface area (Å²) in [6.07, 6.45) is 5.47. The van der Waals surface area contributed by atoms with E-state index in [1.54, 1.807) is 17.8 Å². The molecule has 1 heterocycles. The average Bonchev–Trinajstić information content (AvgIpc) is 3.06. The largest absolute Gasteiger partial charge is 0.294 e. The Kier molecular flexibility index (Phi) is 7.71. The first kappa shape index (κ1) is 25.2. The molecule has 3 N–H and O–H groups in total. The standard InChI is InChI=1S/C22H34N4O4S2/c1-17-10-11-18(2)25(17)22(26(27)28)14-7-13-21(16-22,32(23,29)30)24-15-12-19(3)31-20-8-5-4-6-9-20/h4-9,13,17-19,24H,10-12,14-16H2,1-3H3,(H2,23,29,30)/t17-,18-,19?,21-,22?/m0/s1. The number of rotatable bonds is 9. The molecule has 2 unspecified atom stereocenters. The van der Waals surface area contributed by atoms with Gasteiger partial charge in [0.15, 0.2) is 4.87 Å². The number of nitro groups is 1. The van der Waals surface area contributed by atoms with Crippen molar-refractivity contribution in [3.05, 3.63) is 52.6 Å². The van der Waals surface area contributed by atoms with Crippen molar-refractivity contribution >= 4 is 21.8 Å². The van der Waals surface area contributed by atoms with Gasteiger partial charge in [-0.25, -0.2) is 18.5 Å². The number of hydrogen-bond acceptors (Lipinski definition) is 7. The highest BCUT2D eigenvalue weighted by Gasteiger charge is 2.61. The number of hydrogen-bond donors (Lipinski definition) is 2. The van der Waals surface area contributed by atoms with Gasteiger partial charge in [-0.3, -0.25) is 15.4 Å². The SMILES string of the molecule is CC(CCN[C@]1(S(N)(=O)=O)C=CCC(N2[C@@H](C)CC[C@@H]2C)([N+](=O)[O-])C1)Sc1ccccc1. The van der Waals surface area contributed by atoms with Crippen molar-refractivity contribution in [2.24, 2.45) is 5.14 Å². The number of nitrogens with one attached hydrogen (secondary N) is 1. The van der Waals surface area contributed by atoms with E-state index in [4.69, 9.17) is 5.14 Å². The zero-order valence-electron chi connectivity index (χ0n) is 18.9. The summed E-state index contributed by atoms with van der Waals surface area (Å²) in [5.74, 6) is 0. The molecule has 1 saturated heterocycles. The van der Waals surface area contributed by atoms with Crippen molar-refractivity contribution in [1.29, 1.82) is 0 Å². The van der Waals surface area contributed by atoms with Crippen molar-refractivity contribution in [3.8, 4) is 0 Å². The second-order valence-electron chi connectivity index (χ2n) is 9.10. The van der Waals surface area contributed by atoms with Gasteiger partial charge in [-0.15, -0.1) is 11.8 Å². The molecule has 1 aromatic carbocycles. The molecule has 0 bridgehead atoms. The number of nitrogens with two attached hydrogens (primary N) is 1. The van der Waals surface area contributed by atoms with E-state index in [-0.39, 0.29) is 35.1 Å². The van der Waals surface area contributed by atoms with Crippen molar-refractivity contribution < 1.29 is 13.3 Å².